The molecule has 5 rings (SSSR count). The number of carbonyl (C=O) groups is 3. The number of hydroxylamine groups is 1. The van der Waals surface area contributed by atoms with E-state index in [2.05, 4.69) is 46.2 Å². The van der Waals surface area contributed by atoms with Crippen LogP contribution in [0.3, 0.4) is 0 Å². The highest BCUT2D eigenvalue weighted by Gasteiger charge is 2.73. The van der Waals surface area contributed by atoms with Crippen molar-refractivity contribution in [2.75, 3.05) is 7.11 Å². The van der Waals surface area contributed by atoms with E-state index in [0.717, 1.165) is 44.9 Å². The van der Waals surface area contributed by atoms with Crippen LogP contribution >= 0.6 is 0 Å². The summed E-state index contributed by atoms with van der Waals surface area (Å²) in [7, 11) is 1.49. The lowest BCUT2D eigenvalue weighted by molar-refractivity contribution is -0.223. The van der Waals surface area contributed by atoms with Gasteiger partial charge in [0, 0.05) is 17.8 Å². The fourth-order valence-electron chi connectivity index (χ4n) is 10.9. The summed E-state index contributed by atoms with van der Waals surface area (Å²) in [6.45, 7) is 15.5. The van der Waals surface area contributed by atoms with Crippen LogP contribution in [0.15, 0.2) is 11.6 Å². The highest BCUT2D eigenvalue weighted by atomic mass is 16.6. The molecule has 0 aromatic carbocycles. The Morgan fingerprint density at radius 1 is 0.974 bits per heavy atom. The van der Waals surface area contributed by atoms with Crippen molar-refractivity contribution in [1.82, 2.24) is 5.48 Å². The van der Waals surface area contributed by atoms with Crippen LogP contribution in [0.25, 0.3) is 0 Å². The average molecular weight is 523 g/mol. The van der Waals surface area contributed by atoms with Gasteiger partial charge in [0.25, 0.3) is 0 Å². The first kappa shape index (κ1) is 27.6. The van der Waals surface area contributed by atoms with Gasteiger partial charge in [0.15, 0.2) is 5.78 Å². The van der Waals surface area contributed by atoms with Crippen LogP contribution in [0.2, 0.25) is 0 Å². The lowest BCUT2D eigenvalue weighted by Crippen LogP contribution is -2.69. The van der Waals surface area contributed by atoms with Crippen molar-refractivity contribution >= 4 is 17.5 Å². The third kappa shape index (κ3) is 3.30. The Morgan fingerprint density at radius 3 is 2.26 bits per heavy atom. The molecule has 0 heterocycles. The van der Waals surface area contributed by atoms with E-state index >= 15 is 0 Å². The zero-order chi connectivity index (χ0) is 28.1. The number of rotatable bonds is 2. The van der Waals surface area contributed by atoms with Crippen molar-refractivity contribution in [3.05, 3.63) is 11.6 Å². The van der Waals surface area contributed by atoms with E-state index in [9.17, 15) is 19.6 Å². The SMILES string of the molecule is CONC(=O)[C@]12CCC(C)(C)C[C@@H]1[C@H]1C(=O)C[C@@H]3[C@@]4(C)C=C(C#N)C(=O)C(C)(C)[C@@H]4CC[C@@]3(C)[C@]1(C)CC2. The molecular weight excluding hydrogens is 476 g/mol. The van der Waals surface area contributed by atoms with Gasteiger partial charge in [-0.1, -0.05) is 54.5 Å². The van der Waals surface area contributed by atoms with Crippen molar-refractivity contribution in [3.8, 4) is 6.07 Å². The normalized spacial score (nSPS) is 46.9. The number of nitrogens with one attached hydrogen (secondary N) is 1. The molecule has 208 valence electrons. The number of carbonyl (C=O) groups excluding carboxylic acids is 3. The van der Waals surface area contributed by atoms with Gasteiger partial charge in [-0.2, -0.15) is 5.26 Å². The molecule has 0 aromatic heterocycles. The summed E-state index contributed by atoms with van der Waals surface area (Å²) >= 11 is 0. The van der Waals surface area contributed by atoms with Gasteiger partial charge in [0.2, 0.25) is 5.91 Å². The quantitative estimate of drug-likeness (QED) is 0.451. The first-order chi connectivity index (χ1) is 17.5. The molecule has 5 aliphatic carbocycles. The summed E-state index contributed by atoms with van der Waals surface area (Å²) in [4.78, 5) is 46.5. The average Bonchev–Trinajstić information content (AvgIpc) is 2.82. The number of nitrogens with zero attached hydrogens (tertiary/aromatic N) is 1. The number of hydrogen-bond donors (Lipinski definition) is 1. The van der Waals surface area contributed by atoms with E-state index in [1.54, 1.807) is 0 Å². The zero-order valence-electron chi connectivity index (χ0n) is 24.6. The van der Waals surface area contributed by atoms with E-state index < -0.39 is 16.2 Å². The molecule has 6 heteroatoms. The lowest BCUT2D eigenvalue weighted by Gasteiger charge is -2.71. The van der Waals surface area contributed by atoms with E-state index in [0.29, 0.717) is 6.42 Å². The Labute approximate surface area is 228 Å². The summed E-state index contributed by atoms with van der Waals surface area (Å²) in [6, 6.07) is 2.20. The van der Waals surface area contributed by atoms with Crippen LogP contribution in [-0.4, -0.2) is 24.6 Å². The van der Waals surface area contributed by atoms with E-state index in [-0.39, 0.29) is 63.0 Å². The largest absolute Gasteiger partial charge is 0.299 e. The summed E-state index contributed by atoms with van der Waals surface area (Å²) in [5.74, 6) is 0.0868. The predicted molar refractivity (Wildman–Crippen MR) is 144 cm³/mol. The molecule has 1 amide bonds. The van der Waals surface area contributed by atoms with Crippen LogP contribution < -0.4 is 5.48 Å². The molecule has 0 aromatic rings. The molecule has 4 saturated carbocycles. The smallest absolute Gasteiger partial charge is 0.250 e. The highest BCUT2D eigenvalue weighted by molar-refractivity contribution is 6.04. The third-order valence-electron chi connectivity index (χ3n) is 13.1. The topological polar surface area (TPSA) is 96.3 Å². The highest BCUT2D eigenvalue weighted by Crippen LogP contribution is 2.75. The fourth-order valence-corrected chi connectivity index (χ4v) is 10.9. The van der Waals surface area contributed by atoms with Gasteiger partial charge in [-0.05, 0) is 84.4 Å². The number of Topliss-reactive ketones (excluding diaryl/α,β-unsaturated/α-hetero) is 2. The van der Waals surface area contributed by atoms with Gasteiger partial charge >= 0.3 is 0 Å². The van der Waals surface area contributed by atoms with E-state index in [1.165, 1.54) is 7.11 Å². The Kier molecular flexibility index (Phi) is 5.99. The molecule has 0 bridgehead atoms. The molecular formula is C32H46N2O4. The molecule has 1 N–H and O–H groups in total. The van der Waals surface area contributed by atoms with Crippen molar-refractivity contribution in [3.63, 3.8) is 0 Å². The van der Waals surface area contributed by atoms with Crippen molar-refractivity contribution in [2.45, 2.75) is 99.8 Å². The Hall–Kier alpha value is -2.00. The number of hydrogen-bond acceptors (Lipinski definition) is 5. The third-order valence-corrected chi connectivity index (χ3v) is 13.1. The second kappa shape index (κ2) is 8.26. The summed E-state index contributed by atoms with van der Waals surface area (Å²) in [6.07, 6.45) is 8.44. The molecule has 0 saturated heterocycles. The first-order valence-electron chi connectivity index (χ1n) is 14.6. The molecule has 0 unspecified atom stereocenters. The molecule has 38 heavy (non-hydrogen) atoms. The number of allylic oxidation sites excluding steroid dienone is 2. The molecule has 5 aliphatic rings. The minimum Gasteiger partial charge on any atom is -0.299 e. The standard InChI is InChI=1S/C32H46N2O4/c1-27(2)11-13-32(26(37)34-38-8)14-12-31(7)24(20(32)17-27)21(35)15-23-29(5)16-19(18-33)25(36)28(3,4)22(29)9-10-30(23,31)6/h16,20,22-24H,9-15,17H2,1-8H3,(H,34,37)/t20-,22+,23-,24+,29+,30-,31-,32+/m1/s1. The lowest BCUT2D eigenvalue weighted by atomic mass is 9.31. The minimum absolute atomic E-state index is 0.0226. The molecule has 0 spiro atoms. The Morgan fingerprint density at radius 2 is 1.63 bits per heavy atom. The monoisotopic (exact) mass is 522 g/mol. The van der Waals surface area contributed by atoms with Crippen molar-refractivity contribution in [1.29, 1.82) is 5.26 Å². The van der Waals surface area contributed by atoms with Crippen LogP contribution in [0, 0.1) is 67.5 Å². The van der Waals surface area contributed by atoms with Gasteiger partial charge in [-0.25, -0.2) is 5.48 Å². The fraction of sp³-hybridized carbons (Fsp3) is 0.812. The summed E-state index contributed by atoms with van der Waals surface area (Å²) < 4.78 is 0. The number of ketones is 2. The van der Waals surface area contributed by atoms with Gasteiger partial charge in [0.05, 0.1) is 18.1 Å². The maximum Gasteiger partial charge on any atom is 0.250 e. The first-order valence-corrected chi connectivity index (χ1v) is 14.6. The molecule has 0 radical (unpaired) electrons. The second-order valence-corrected chi connectivity index (χ2v) is 15.5. The Balaban J connectivity index is 1.63. The van der Waals surface area contributed by atoms with Gasteiger partial charge in [-0.15, -0.1) is 0 Å². The van der Waals surface area contributed by atoms with Gasteiger partial charge in [0.1, 0.15) is 11.9 Å². The zero-order valence-corrected chi connectivity index (χ0v) is 24.6. The summed E-state index contributed by atoms with van der Waals surface area (Å²) in [5.41, 5.74) is 0.963. The molecule has 0 aliphatic heterocycles. The van der Waals surface area contributed by atoms with E-state index in [1.807, 2.05) is 19.9 Å². The number of amides is 1. The van der Waals surface area contributed by atoms with E-state index in [4.69, 9.17) is 4.84 Å². The van der Waals surface area contributed by atoms with Crippen LogP contribution in [0.4, 0.5) is 0 Å². The number of nitriles is 1. The van der Waals surface area contributed by atoms with Crippen molar-refractivity contribution in [2.24, 2.45) is 56.2 Å². The maximum atomic E-state index is 14.5. The molecule has 4 fully saturated rings. The molecule has 6 nitrogen and oxygen atoms in total. The van der Waals surface area contributed by atoms with Gasteiger partial charge < -0.3 is 0 Å². The summed E-state index contributed by atoms with van der Waals surface area (Å²) in [5, 5.41) is 9.90. The van der Waals surface area contributed by atoms with Crippen LogP contribution in [0.5, 0.6) is 0 Å². The second-order valence-electron chi connectivity index (χ2n) is 15.5. The maximum absolute atomic E-state index is 14.5. The van der Waals surface area contributed by atoms with Gasteiger partial charge in [-0.3, -0.25) is 19.2 Å². The Bertz CT molecular complexity index is 1160. The molecule has 8 atom stereocenters. The van der Waals surface area contributed by atoms with Crippen molar-refractivity contribution < 1.29 is 19.2 Å². The number of fused-ring (bicyclic) bond motifs is 7. The predicted octanol–water partition coefficient (Wildman–Crippen LogP) is 5.96. The minimum atomic E-state index is -0.635. The van der Waals surface area contributed by atoms with Crippen LogP contribution in [0.1, 0.15) is 99.8 Å². The van der Waals surface area contributed by atoms with Crippen LogP contribution in [-0.2, 0) is 19.2 Å².